The summed E-state index contributed by atoms with van der Waals surface area (Å²) < 4.78 is 19.0. The van der Waals surface area contributed by atoms with Crippen LogP contribution in [-0.2, 0) is 4.79 Å². The maximum Gasteiger partial charge on any atom is 0.226 e. The Kier molecular flexibility index (Phi) is 5.99. The van der Waals surface area contributed by atoms with E-state index in [0.29, 0.717) is 33.8 Å². The van der Waals surface area contributed by atoms with E-state index in [1.807, 2.05) is 5.38 Å². The molecule has 0 atom stereocenters. The second-order valence-electron chi connectivity index (χ2n) is 6.71. The number of hydrogen-bond donors (Lipinski definition) is 1. The number of aromatic nitrogens is 2. The number of carbonyl (C=O) groups excluding carboxylic acids is 2. The summed E-state index contributed by atoms with van der Waals surface area (Å²) in [6, 6.07) is 12.8. The highest BCUT2D eigenvalue weighted by molar-refractivity contribution is 7.17. The van der Waals surface area contributed by atoms with Gasteiger partial charge in [-0.25, -0.2) is 14.4 Å². The number of rotatable bonds is 7. The highest BCUT2D eigenvalue weighted by Gasteiger charge is 2.16. The first kappa shape index (κ1) is 20.6. The van der Waals surface area contributed by atoms with Gasteiger partial charge in [0.05, 0.1) is 5.39 Å². The van der Waals surface area contributed by atoms with Gasteiger partial charge in [-0.2, -0.15) is 0 Å². The first-order valence-electron chi connectivity index (χ1n) is 9.59. The van der Waals surface area contributed by atoms with E-state index < -0.39 is 0 Å². The number of nitrogens with one attached hydrogen (secondary N) is 1. The molecule has 0 radical (unpaired) electrons. The predicted molar refractivity (Wildman–Crippen MR) is 118 cm³/mol. The van der Waals surface area contributed by atoms with Crippen LogP contribution in [0.15, 0.2) is 60.2 Å². The number of hydrogen-bond acceptors (Lipinski definition) is 6. The fourth-order valence-corrected chi connectivity index (χ4v) is 3.91. The van der Waals surface area contributed by atoms with Gasteiger partial charge >= 0.3 is 0 Å². The number of ketones is 1. The number of amides is 1. The molecule has 6 nitrogen and oxygen atoms in total. The van der Waals surface area contributed by atoms with Gasteiger partial charge in [0.1, 0.15) is 17.0 Å². The van der Waals surface area contributed by atoms with E-state index in [-0.39, 0.29) is 24.1 Å². The van der Waals surface area contributed by atoms with Crippen molar-refractivity contribution in [3.8, 4) is 17.0 Å². The third kappa shape index (κ3) is 4.59. The second-order valence-corrected chi connectivity index (χ2v) is 7.56. The van der Waals surface area contributed by atoms with Crippen molar-refractivity contribution in [1.29, 1.82) is 0 Å². The number of thiophene rings is 1. The van der Waals surface area contributed by atoms with E-state index in [9.17, 15) is 14.0 Å². The lowest BCUT2D eigenvalue weighted by Gasteiger charge is -2.08. The molecule has 156 valence electrons. The van der Waals surface area contributed by atoms with E-state index in [2.05, 4.69) is 15.3 Å². The van der Waals surface area contributed by atoms with Crippen LogP contribution in [0.4, 0.5) is 10.1 Å². The Morgan fingerprint density at radius 3 is 2.52 bits per heavy atom. The van der Waals surface area contributed by atoms with E-state index in [1.165, 1.54) is 29.8 Å². The fourth-order valence-electron chi connectivity index (χ4n) is 3.01. The SMILES string of the molecule is CCC(=O)Nc1ccc(C(=O)COc2ncnc3scc(-c4ccc(F)cc4)c23)cc1. The number of fused-ring (bicyclic) bond motifs is 1. The molecule has 1 amide bonds. The topological polar surface area (TPSA) is 81.2 Å². The third-order valence-corrected chi connectivity index (χ3v) is 5.53. The van der Waals surface area contributed by atoms with E-state index in [4.69, 9.17) is 4.74 Å². The summed E-state index contributed by atoms with van der Waals surface area (Å²) in [4.78, 5) is 33.2. The lowest BCUT2D eigenvalue weighted by Crippen LogP contribution is -2.13. The van der Waals surface area contributed by atoms with Crippen LogP contribution in [0.2, 0.25) is 0 Å². The monoisotopic (exact) mass is 435 g/mol. The first-order chi connectivity index (χ1) is 15.0. The zero-order chi connectivity index (χ0) is 21.8. The van der Waals surface area contributed by atoms with Crippen LogP contribution >= 0.6 is 11.3 Å². The van der Waals surface area contributed by atoms with E-state index >= 15 is 0 Å². The van der Waals surface area contributed by atoms with Crippen molar-refractivity contribution < 1.29 is 18.7 Å². The molecule has 0 aliphatic carbocycles. The van der Waals surface area contributed by atoms with Crippen LogP contribution in [0, 0.1) is 5.82 Å². The lowest BCUT2D eigenvalue weighted by atomic mass is 10.1. The number of ether oxygens (including phenoxy) is 1. The van der Waals surface area contributed by atoms with Gasteiger partial charge < -0.3 is 10.1 Å². The third-order valence-electron chi connectivity index (χ3n) is 4.64. The fraction of sp³-hybridized carbons (Fsp3) is 0.130. The second kappa shape index (κ2) is 9.01. The summed E-state index contributed by atoms with van der Waals surface area (Å²) in [5, 5.41) is 5.33. The van der Waals surface area contributed by atoms with E-state index in [1.54, 1.807) is 43.3 Å². The number of carbonyl (C=O) groups is 2. The van der Waals surface area contributed by atoms with Crippen molar-refractivity contribution >= 4 is 38.9 Å². The molecule has 0 fully saturated rings. The van der Waals surface area contributed by atoms with Crippen LogP contribution < -0.4 is 10.1 Å². The van der Waals surface area contributed by atoms with Crippen LogP contribution in [-0.4, -0.2) is 28.3 Å². The quantitative estimate of drug-likeness (QED) is 0.408. The molecular weight excluding hydrogens is 417 g/mol. The molecule has 0 bridgehead atoms. The number of benzene rings is 2. The number of nitrogens with zero attached hydrogens (tertiary/aromatic N) is 2. The van der Waals surface area contributed by atoms with Crippen molar-refractivity contribution in [2.24, 2.45) is 0 Å². The molecule has 4 aromatic rings. The molecule has 0 aliphatic heterocycles. The Hall–Kier alpha value is -3.65. The first-order valence-corrected chi connectivity index (χ1v) is 10.5. The number of anilines is 1. The summed E-state index contributed by atoms with van der Waals surface area (Å²) >= 11 is 1.42. The number of Topliss-reactive ketones (excluding diaryl/α,β-unsaturated/α-hetero) is 1. The average Bonchev–Trinajstić information content (AvgIpc) is 3.23. The Morgan fingerprint density at radius 1 is 1.06 bits per heavy atom. The summed E-state index contributed by atoms with van der Waals surface area (Å²) in [7, 11) is 0. The van der Waals surface area contributed by atoms with Gasteiger partial charge in [0, 0.05) is 28.6 Å². The van der Waals surface area contributed by atoms with Gasteiger partial charge in [-0.15, -0.1) is 11.3 Å². The van der Waals surface area contributed by atoms with Gasteiger partial charge in [-0.05, 0) is 42.0 Å². The largest absolute Gasteiger partial charge is 0.469 e. The van der Waals surface area contributed by atoms with Crippen molar-refractivity contribution in [1.82, 2.24) is 9.97 Å². The smallest absolute Gasteiger partial charge is 0.226 e. The summed E-state index contributed by atoms with van der Waals surface area (Å²) in [5.74, 6) is -0.339. The summed E-state index contributed by atoms with van der Waals surface area (Å²) in [6.45, 7) is 1.56. The maximum atomic E-state index is 13.3. The standard InChI is InChI=1S/C23H18FN3O3S/c1-2-20(29)27-17-9-5-15(6-10-17)19(28)11-30-22-21-18(12-31-23(21)26-13-25-22)14-3-7-16(24)8-4-14/h3-10,12-13H,2,11H2,1H3,(H,27,29). The molecule has 2 aromatic carbocycles. The molecule has 2 aromatic heterocycles. The van der Waals surface area contributed by atoms with Crippen molar-refractivity contribution in [3.63, 3.8) is 0 Å². The molecule has 31 heavy (non-hydrogen) atoms. The predicted octanol–water partition coefficient (Wildman–Crippen LogP) is 5.11. The molecule has 1 N–H and O–H groups in total. The Labute approximate surface area is 181 Å². The zero-order valence-electron chi connectivity index (χ0n) is 16.6. The maximum absolute atomic E-state index is 13.3. The molecule has 0 unspecified atom stereocenters. The van der Waals surface area contributed by atoms with Crippen LogP contribution in [0.1, 0.15) is 23.7 Å². The van der Waals surface area contributed by atoms with Gasteiger partial charge in [0.15, 0.2) is 12.4 Å². The van der Waals surface area contributed by atoms with Crippen molar-refractivity contribution in [2.75, 3.05) is 11.9 Å². The molecule has 0 aliphatic rings. The molecular formula is C23H18FN3O3S. The highest BCUT2D eigenvalue weighted by atomic mass is 32.1. The van der Waals surface area contributed by atoms with E-state index in [0.717, 1.165) is 11.1 Å². The average molecular weight is 435 g/mol. The lowest BCUT2D eigenvalue weighted by molar-refractivity contribution is -0.115. The molecule has 8 heteroatoms. The molecule has 0 saturated carbocycles. The normalized spacial score (nSPS) is 10.8. The van der Waals surface area contributed by atoms with Gasteiger partial charge in [0.25, 0.3) is 0 Å². The van der Waals surface area contributed by atoms with Crippen LogP contribution in [0.25, 0.3) is 21.3 Å². The molecule has 0 spiro atoms. The highest BCUT2D eigenvalue weighted by Crippen LogP contribution is 2.37. The Morgan fingerprint density at radius 2 is 1.81 bits per heavy atom. The van der Waals surface area contributed by atoms with Crippen molar-refractivity contribution in [3.05, 3.63) is 71.6 Å². The van der Waals surface area contributed by atoms with Crippen molar-refractivity contribution in [2.45, 2.75) is 13.3 Å². The minimum atomic E-state index is -0.318. The molecule has 4 rings (SSSR count). The minimum Gasteiger partial charge on any atom is -0.469 e. The Balaban J connectivity index is 1.52. The molecule has 0 saturated heterocycles. The Bertz CT molecular complexity index is 1240. The van der Waals surface area contributed by atoms with Gasteiger partial charge in [0.2, 0.25) is 11.8 Å². The van der Waals surface area contributed by atoms with Gasteiger partial charge in [-0.1, -0.05) is 19.1 Å². The molecule has 2 heterocycles. The zero-order valence-corrected chi connectivity index (χ0v) is 17.4. The minimum absolute atomic E-state index is 0.0945. The summed E-state index contributed by atoms with van der Waals surface area (Å²) in [5.41, 5.74) is 2.72. The summed E-state index contributed by atoms with van der Waals surface area (Å²) in [6.07, 6.45) is 1.77. The van der Waals surface area contributed by atoms with Crippen LogP contribution in [0.3, 0.4) is 0 Å². The van der Waals surface area contributed by atoms with Crippen LogP contribution in [0.5, 0.6) is 5.88 Å². The number of halogens is 1. The van der Waals surface area contributed by atoms with Gasteiger partial charge in [-0.3, -0.25) is 9.59 Å².